The summed E-state index contributed by atoms with van der Waals surface area (Å²) >= 11 is 0. The smallest absolute Gasteiger partial charge is 0.223 e. The van der Waals surface area contributed by atoms with Crippen LogP contribution in [-0.4, -0.2) is 22.7 Å². The van der Waals surface area contributed by atoms with Crippen molar-refractivity contribution in [2.24, 2.45) is 0 Å². The molecule has 1 aromatic carbocycles. The van der Waals surface area contributed by atoms with E-state index in [0.29, 0.717) is 19.6 Å². The number of carbonyl (C=O) groups excluding carboxylic acids is 1. The predicted molar refractivity (Wildman–Crippen MR) is 76.5 cm³/mol. The summed E-state index contributed by atoms with van der Waals surface area (Å²) < 4.78 is 5.69. The van der Waals surface area contributed by atoms with Crippen molar-refractivity contribution >= 4 is 5.91 Å². The fourth-order valence-electron chi connectivity index (χ4n) is 1.94. The Morgan fingerprint density at radius 1 is 1.30 bits per heavy atom. The highest BCUT2D eigenvalue weighted by molar-refractivity contribution is 5.75. The van der Waals surface area contributed by atoms with Gasteiger partial charge in [-0.2, -0.15) is 5.10 Å². The van der Waals surface area contributed by atoms with Gasteiger partial charge in [0, 0.05) is 6.20 Å². The number of H-pyrrole nitrogens is 1. The summed E-state index contributed by atoms with van der Waals surface area (Å²) in [6.07, 6.45) is 1.99. The predicted octanol–water partition coefficient (Wildman–Crippen LogP) is 2.11. The monoisotopic (exact) mass is 273 g/mol. The summed E-state index contributed by atoms with van der Waals surface area (Å²) in [5, 5.41) is 9.42. The minimum Gasteiger partial charge on any atom is -0.493 e. The number of carbonyl (C=O) groups is 1. The maximum atomic E-state index is 11.7. The van der Waals surface area contributed by atoms with E-state index in [1.807, 2.05) is 38.1 Å². The van der Waals surface area contributed by atoms with E-state index in [0.717, 1.165) is 22.6 Å². The lowest BCUT2D eigenvalue weighted by Crippen LogP contribution is -2.24. The largest absolute Gasteiger partial charge is 0.493 e. The van der Waals surface area contributed by atoms with Gasteiger partial charge >= 0.3 is 0 Å². The number of benzene rings is 1. The molecule has 5 heteroatoms. The van der Waals surface area contributed by atoms with Crippen LogP contribution in [-0.2, 0) is 11.3 Å². The fourth-order valence-corrected chi connectivity index (χ4v) is 1.94. The van der Waals surface area contributed by atoms with Gasteiger partial charge in [-0.1, -0.05) is 18.2 Å². The van der Waals surface area contributed by atoms with Crippen molar-refractivity contribution in [2.45, 2.75) is 26.8 Å². The van der Waals surface area contributed by atoms with E-state index in [2.05, 4.69) is 15.5 Å². The van der Waals surface area contributed by atoms with E-state index in [-0.39, 0.29) is 5.91 Å². The van der Waals surface area contributed by atoms with Crippen molar-refractivity contribution in [3.8, 4) is 5.75 Å². The summed E-state index contributed by atoms with van der Waals surface area (Å²) in [4.78, 5) is 11.7. The van der Waals surface area contributed by atoms with Gasteiger partial charge in [-0.05, 0) is 31.0 Å². The molecule has 106 valence electrons. The molecule has 0 unspecified atom stereocenters. The highest BCUT2D eigenvalue weighted by Crippen LogP contribution is 2.22. The van der Waals surface area contributed by atoms with E-state index in [1.54, 1.807) is 6.20 Å². The number of aryl methyl sites for hydroxylation is 2. The van der Waals surface area contributed by atoms with Gasteiger partial charge in [-0.25, -0.2) is 0 Å². The third kappa shape index (κ3) is 3.85. The minimum absolute atomic E-state index is 0.0363. The second kappa shape index (κ2) is 6.75. The number of aromatic nitrogens is 2. The zero-order chi connectivity index (χ0) is 14.4. The molecule has 0 spiro atoms. The molecule has 0 aliphatic rings. The van der Waals surface area contributed by atoms with Crippen LogP contribution in [0.1, 0.15) is 23.2 Å². The van der Waals surface area contributed by atoms with Crippen LogP contribution < -0.4 is 10.1 Å². The maximum Gasteiger partial charge on any atom is 0.223 e. The number of ether oxygens (including phenoxy) is 1. The quantitative estimate of drug-likeness (QED) is 0.847. The summed E-state index contributed by atoms with van der Waals surface area (Å²) in [6, 6.07) is 7.82. The lowest BCUT2D eigenvalue weighted by molar-refractivity contribution is -0.121. The Hall–Kier alpha value is -2.30. The molecule has 0 bridgehead atoms. The molecular weight excluding hydrogens is 254 g/mol. The van der Waals surface area contributed by atoms with Gasteiger partial charge in [0.05, 0.1) is 25.3 Å². The molecule has 1 aromatic heterocycles. The highest BCUT2D eigenvalue weighted by atomic mass is 16.5. The average Bonchev–Trinajstić information content (AvgIpc) is 2.93. The second-order valence-corrected chi connectivity index (χ2v) is 4.68. The first-order chi connectivity index (χ1) is 9.66. The van der Waals surface area contributed by atoms with Crippen molar-refractivity contribution in [1.82, 2.24) is 15.5 Å². The van der Waals surface area contributed by atoms with Gasteiger partial charge in [0.1, 0.15) is 5.75 Å². The Morgan fingerprint density at radius 2 is 2.05 bits per heavy atom. The second-order valence-electron chi connectivity index (χ2n) is 4.68. The first-order valence-corrected chi connectivity index (χ1v) is 6.61. The van der Waals surface area contributed by atoms with Crippen LogP contribution in [0.15, 0.2) is 30.5 Å². The van der Waals surface area contributed by atoms with Crippen molar-refractivity contribution in [3.05, 3.63) is 47.3 Å². The molecule has 0 fully saturated rings. The number of nitrogens with zero attached hydrogens (tertiary/aromatic N) is 1. The molecule has 1 amide bonds. The van der Waals surface area contributed by atoms with E-state index in [9.17, 15) is 4.79 Å². The standard InChI is InChI=1S/C15H19N3O2/c1-11-4-3-5-12(2)15(11)20-9-7-14(19)16-10-13-6-8-17-18-13/h3-6,8H,7,9-10H2,1-2H3,(H,16,19)(H,17,18). The van der Waals surface area contributed by atoms with Gasteiger partial charge < -0.3 is 10.1 Å². The van der Waals surface area contributed by atoms with Crippen LogP contribution in [0.25, 0.3) is 0 Å². The fraction of sp³-hybridized carbons (Fsp3) is 0.333. The Bertz CT molecular complexity index is 544. The first kappa shape index (κ1) is 14.1. The molecule has 0 saturated carbocycles. The Labute approximate surface area is 118 Å². The van der Waals surface area contributed by atoms with Crippen molar-refractivity contribution in [2.75, 3.05) is 6.61 Å². The van der Waals surface area contributed by atoms with E-state index in [4.69, 9.17) is 4.74 Å². The zero-order valence-corrected chi connectivity index (χ0v) is 11.8. The summed E-state index contributed by atoms with van der Waals surface area (Å²) in [6.45, 7) is 4.84. The van der Waals surface area contributed by atoms with Gasteiger partial charge in [-0.3, -0.25) is 9.89 Å². The van der Waals surface area contributed by atoms with Crippen molar-refractivity contribution in [1.29, 1.82) is 0 Å². The minimum atomic E-state index is -0.0363. The molecular formula is C15H19N3O2. The average molecular weight is 273 g/mol. The highest BCUT2D eigenvalue weighted by Gasteiger charge is 2.06. The molecule has 2 aromatic rings. The lowest BCUT2D eigenvalue weighted by atomic mass is 10.1. The van der Waals surface area contributed by atoms with Crippen molar-refractivity contribution in [3.63, 3.8) is 0 Å². The normalized spacial score (nSPS) is 10.3. The number of aromatic amines is 1. The van der Waals surface area contributed by atoms with Crippen LogP contribution in [0, 0.1) is 13.8 Å². The molecule has 0 aliphatic carbocycles. The molecule has 0 radical (unpaired) electrons. The van der Waals surface area contributed by atoms with Crippen LogP contribution in [0.5, 0.6) is 5.75 Å². The number of amides is 1. The van der Waals surface area contributed by atoms with Crippen LogP contribution in [0.2, 0.25) is 0 Å². The van der Waals surface area contributed by atoms with Gasteiger partial charge in [0.25, 0.3) is 0 Å². The van der Waals surface area contributed by atoms with E-state index < -0.39 is 0 Å². The van der Waals surface area contributed by atoms with Gasteiger partial charge in [0.2, 0.25) is 5.91 Å². The summed E-state index contributed by atoms with van der Waals surface area (Å²) in [7, 11) is 0. The summed E-state index contributed by atoms with van der Waals surface area (Å²) in [5.41, 5.74) is 3.06. The number of hydrogen-bond donors (Lipinski definition) is 2. The number of hydrogen-bond acceptors (Lipinski definition) is 3. The number of nitrogens with one attached hydrogen (secondary N) is 2. The molecule has 2 rings (SSSR count). The molecule has 20 heavy (non-hydrogen) atoms. The van der Waals surface area contributed by atoms with Gasteiger partial charge in [0.15, 0.2) is 0 Å². The topological polar surface area (TPSA) is 67.0 Å². The van der Waals surface area contributed by atoms with Crippen LogP contribution in [0.4, 0.5) is 0 Å². The molecule has 0 atom stereocenters. The molecule has 1 heterocycles. The van der Waals surface area contributed by atoms with Crippen molar-refractivity contribution < 1.29 is 9.53 Å². The molecule has 2 N–H and O–H groups in total. The Morgan fingerprint density at radius 3 is 2.70 bits per heavy atom. The third-order valence-corrected chi connectivity index (χ3v) is 3.02. The SMILES string of the molecule is Cc1cccc(C)c1OCCC(=O)NCc1ccn[nH]1. The zero-order valence-electron chi connectivity index (χ0n) is 11.8. The number of para-hydroxylation sites is 1. The van der Waals surface area contributed by atoms with Crippen LogP contribution in [0.3, 0.4) is 0 Å². The van der Waals surface area contributed by atoms with E-state index in [1.165, 1.54) is 0 Å². The molecule has 0 aliphatic heterocycles. The maximum absolute atomic E-state index is 11.7. The van der Waals surface area contributed by atoms with Gasteiger partial charge in [-0.15, -0.1) is 0 Å². The first-order valence-electron chi connectivity index (χ1n) is 6.61. The third-order valence-electron chi connectivity index (χ3n) is 3.02. The lowest BCUT2D eigenvalue weighted by Gasteiger charge is -2.11. The van der Waals surface area contributed by atoms with Crippen LogP contribution >= 0.6 is 0 Å². The molecule has 0 saturated heterocycles. The summed E-state index contributed by atoms with van der Waals surface area (Å²) in [5.74, 6) is 0.833. The number of rotatable bonds is 6. The Balaban J connectivity index is 1.74. The molecule has 5 nitrogen and oxygen atoms in total. The van der Waals surface area contributed by atoms with E-state index >= 15 is 0 Å². The Kier molecular flexibility index (Phi) is 4.76.